The van der Waals surface area contributed by atoms with Gasteiger partial charge in [-0.1, -0.05) is 12.1 Å². The molecule has 0 saturated carbocycles. The van der Waals surface area contributed by atoms with Gasteiger partial charge in [0.05, 0.1) is 24.6 Å². The van der Waals surface area contributed by atoms with E-state index in [4.69, 9.17) is 16.2 Å². The lowest BCUT2D eigenvalue weighted by molar-refractivity contribution is -0.135. The highest BCUT2D eigenvalue weighted by molar-refractivity contribution is 5.80. The van der Waals surface area contributed by atoms with Crippen molar-refractivity contribution in [3.63, 3.8) is 0 Å². The van der Waals surface area contributed by atoms with E-state index in [0.717, 1.165) is 12.8 Å². The van der Waals surface area contributed by atoms with Crippen molar-refractivity contribution in [2.45, 2.75) is 19.3 Å². The topological polar surface area (TPSA) is 98.7 Å². The largest absolute Gasteiger partial charge is 0.491 e. The number of nitrogens with two attached hydrogens (primary N) is 2. The van der Waals surface area contributed by atoms with Crippen molar-refractivity contribution in [2.75, 3.05) is 25.4 Å². The number of nitrogen functional groups attached to an aromatic ring is 1. The van der Waals surface area contributed by atoms with Gasteiger partial charge in [-0.25, -0.2) is 0 Å². The summed E-state index contributed by atoms with van der Waals surface area (Å²) in [5, 5.41) is 0. The molecule has 6 heteroatoms. The second kappa shape index (κ2) is 6.97. The maximum absolute atomic E-state index is 12.1. The summed E-state index contributed by atoms with van der Waals surface area (Å²) >= 11 is 0. The van der Waals surface area contributed by atoms with Crippen LogP contribution in [-0.2, 0) is 9.59 Å². The van der Waals surface area contributed by atoms with Crippen LogP contribution in [0.15, 0.2) is 24.3 Å². The predicted molar refractivity (Wildman–Crippen MR) is 79.5 cm³/mol. The Labute approximate surface area is 124 Å². The molecule has 1 saturated heterocycles. The van der Waals surface area contributed by atoms with E-state index in [1.54, 1.807) is 17.0 Å². The van der Waals surface area contributed by atoms with Gasteiger partial charge < -0.3 is 21.1 Å². The van der Waals surface area contributed by atoms with E-state index < -0.39 is 0 Å². The number of benzene rings is 1. The van der Waals surface area contributed by atoms with E-state index in [2.05, 4.69) is 0 Å². The average Bonchev–Trinajstić information content (AvgIpc) is 2.49. The van der Waals surface area contributed by atoms with Crippen LogP contribution in [-0.4, -0.2) is 36.4 Å². The first-order chi connectivity index (χ1) is 10.1. The molecule has 1 aliphatic rings. The van der Waals surface area contributed by atoms with Crippen LogP contribution < -0.4 is 16.2 Å². The molecule has 1 aromatic carbocycles. The number of likely N-dealkylation sites (tertiary alicyclic amines) is 1. The second-order valence-electron chi connectivity index (χ2n) is 5.22. The Hall–Kier alpha value is -2.24. The van der Waals surface area contributed by atoms with E-state index in [0.29, 0.717) is 24.5 Å². The lowest BCUT2D eigenvalue weighted by Gasteiger charge is -2.31. The molecule has 1 atom stereocenters. The molecule has 1 fully saturated rings. The van der Waals surface area contributed by atoms with Crippen molar-refractivity contribution >= 4 is 17.5 Å². The maximum Gasteiger partial charge on any atom is 0.226 e. The summed E-state index contributed by atoms with van der Waals surface area (Å²) in [5.41, 5.74) is 11.6. The number of para-hydroxylation sites is 2. The molecule has 1 aliphatic heterocycles. The minimum Gasteiger partial charge on any atom is -0.491 e. The van der Waals surface area contributed by atoms with Gasteiger partial charge >= 0.3 is 0 Å². The molecule has 2 rings (SSSR count). The summed E-state index contributed by atoms with van der Waals surface area (Å²) in [6.07, 6.45) is 1.84. The van der Waals surface area contributed by atoms with Crippen LogP contribution in [0, 0.1) is 5.92 Å². The van der Waals surface area contributed by atoms with Crippen LogP contribution in [0.5, 0.6) is 5.75 Å². The Morgan fingerprint density at radius 2 is 2.10 bits per heavy atom. The number of carbonyl (C=O) groups excluding carboxylic acids is 2. The SMILES string of the molecule is NC(=O)C1CCCN(C(=O)CCOc2ccccc2N)C1. The van der Waals surface area contributed by atoms with Crippen LogP contribution in [0.1, 0.15) is 19.3 Å². The van der Waals surface area contributed by atoms with E-state index in [9.17, 15) is 9.59 Å². The predicted octanol–water partition coefficient (Wildman–Crippen LogP) is 0.762. The van der Waals surface area contributed by atoms with Gasteiger partial charge in [0.2, 0.25) is 11.8 Å². The smallest absolute Gasteiger partial charge is 0.226 e. The highest BCUT2D eigenvalue weighted by Crippen LogP contribution is 2.20. The molecule has 1 aromatic rings. The molecule has 1 heterocycles. The minimum absolute atomic E-state index is 0.0181. The van der Waals surface area contributed by atoms with E-state index in [1.807, 2.05) is 12.1 Å². The first kappa shape index (κ1) is 15.2. The number of hydrogen-bond acceptors (Lipinski definition) is 4. The van der Waals surface area contributed by atoms with Crippen LogP contribution >= 0.6 is 0 Å². The summed E-state index contributed by atoms with van der Waals surface area (Å²) in [6.45, 7) is 1.36. The number of ether oxygens (including phenoxy) is 1. The van der Waals surface area contributed by atoms with Crippen molar-refractivity contribution < 1.29 is 14.3 Å². The number of hydrogen-bond donors (Lipinski definition) is 2. The Morgan fingerprint density at radius 3 is 2.81 bits per heavy atom. The maximum atomic E-state index is 12.1. The number of anilines is 1. The number of nitrogens with zero attached hydrogens (tertiary/aromatic N) is 1. The highest BCUT2D eigenvalue weighted by atomic mass is 16.5. The Morgan fingerprint density at radius 1 is 1.33 bits per heavy atom. The molecule has 114 valence electrons. The third kappa shape index (κ3) is 4.11. The van der Waals surface area contributed by atoms with E-state index in [-0.39, 0.29) is 30.8 Å². The Balaban J connectivity index is 1.79. The van der Waals surface area contributed by atoms with Crippen molar-refractivity contribution in [2.24, 2.45) is 11.7 Å². The van der Waals surface area contributed by atoms with Gasteiger partial charge in [-0.3, -0.25) is 9.59 Å². The zero-order valence-corrected chi connectivity index (χ0v) is 12.0. The van der Waals surface area contributed by atoms with Crippen molar-refractivity contribution in [3.8, 4) is 5.75 Å². The third-order valence-electron chi connectivity index (χ3n) is 3.67. The highest BCUT2D eigenvalue weighted by Gasteiger charge is 2.26. The summed E-state index contributed by atoms with van der Waals surface area (Å²) in [7, 11) is 0. The number of carbonyl (C=O) groups is 2. The van der Waals surface area contributed by atoms with Gasteiger partial charge in [0.25, 0.3) is 0 Å². The van der Waals surface area contributed by atoms with Crippen molar-refractivity contribution in [1.29, 1.82) is 0 Å². The first-order valence-corrected chi connectivity index (χ1v) is 7.12. The monoisotopic (exact) mass is 291 g/mol. The van der Waals surface area contributed by atoms with Crippen molar-refractivity contribution in [1.82, 2.24) is 4.90 Å². The second-order valence-corrected chi connectivity index (χ2v) is 5.22. The molecule has 21 heavy (non-hydrogen) atoms. The Kier molecular flexibility index (Phi) is 5.03. The van der Waals surface area contributed by atoms with Crippen LogP contribution in [0.4, 0.5) is 5.69 Å². The summed E-state index contributed by atoms with van der Waals surface area (Å²) in [6, 6.07) is 7.17. The number of primary amides is 1. The molecular formula is C15H21N3O3. The molecule has 1 unspecified atom stereocenters. The lowest BCUT2D eigenvalue weighted by atomic mass is 9.97. The molecule has 2 amide bonds. The summed E-state index contributed by atoms with van der Waals surface area (Å²) in [5.74, 6) is 0.00334. The number of piperidine rings is 1. The number of rotatable bonds is 5. The van der Waals surface area contributed by atoms with Gasteiger partial charge in [-0.05, 0) is 25.0 Å². The van der Waals surface area contributed by atoms with Gasteiger partial charge in [0.15, 0.2) is 0 Å². The fourth-order valence-corrected chi connectivity index (χ4v) is 2.45. The molecule has 0 aliphatic carbocycles. The van der Waals surface area contributed by atoms with Crippen LogP contribution in [0.25, 0.3) is 0 Å². The molecule has 0 radical (unpaired) electrons. The molecule has 0 bridgehead atoms. The molecule has 4 N–H and O–H groups in total. The van der Waals surface area contributed by atoms with Crippen LogP contribution in [0.2, 0.25) is 0 Å². The quantitative estimate of drug-likeness (QED) is 0.782. The minimum atomic E-state index is -0.333. The van der Waals surface area contributed by atoms with Gasteiger partial charge in [0, 0.05) is 13.1 Å². The number of amides is 2. The zero-order chi connectivity index (χ0) is 15.2. The first-order valence-electron chi connectivity index (χ1n) is 7.12. The standard InChI is InChI=1S/C15H21N3O3/c16-12-5-1-2-6-13(12)21-9-7-14(19)18-8-3-4-11(10-18)15(17)20/h1-2,5-6,11H,3-4,7-10,16H2,(H2,17,20). The molecule has 6 nitrogen and oxygen atoms in total. The lowest BCUT2D eigenvalue weighted by Crippen LogP contribution is -2.44. The van der Waals surface area contributed by atoms with Gasteiger partial charge in [-0.15, -0.1) is 0 Å². The molecule has 0 aromatic heterocycles. The van der Waals surface area contributed by atoms with Gasteiger partial charge in [0.1, 0.15) is 5.75 Å². The van der Waals surface area contributed by atoms with Gasteiger partial charge in [-0.2, -0.15) is 0 Å². The summed E-state index contributed by atoms with van der Waals surface area (Å²) in [4.78, 5) is 25.0. The molecular weight excluding hydrogens is 270 g/mol. The van der Waals surface area contributed by atoms with E-state index in [1.165, 1.54) is 0 Å². The van der Waals surface area contributed by atoms with E-state index >= 15 is 0 Å². The zero-order valence-electron chi connectivity index (χ0n) is 12.0. The molecule has 0 spiro atoms. The third-order valence-corrected chi connectivity index (χ3v) is 3.67. The fourth-order valence-electron chi connectivity index (χ4n) is 2.45. The van der Waals surface area contributed by atoms with Crippen molar-refractivity contribution in [3.05, 3.63) is 24.3 Å². The normalized spacial score (nSPS) is 18.3. The average molecular weight is 291 g/mol. The summed E-state index contributed by atoms with van der Waals surface area (Å²) < 4.78 is 5.51. The fraction of sp³-hybridized carbons (Fsp3) is 0.467. The Bertz CT molecular complexity index is 519. The van der Waals surface area contributed by atoms with Crippen LogP contribution in [0.3, 0.4) is 0 Å².